The van der Waals surface area contributed by atoms with Crippen molar-refractivity contribution in [3.05, 3.63) is 59.4 Å². The molecule has 0 aliphatic heterocycles. The normalized spacial score (nSPS) is 12.0. The molecule has 2 aromatic rings. The lowest BCUT2D eigenvalue weighted by Gasteiger charge is -2.16. The quantitative estimate of drug-likeness (QED) is 0.826. The van der Waals surface area contributed by atoms with E-state index >= 15 is 0 Å². The van der Waals surface area contributed by atoms with Crippen LogP contribution >= 0.6 is 0 Å². The van der Waals surface area contributed by atoms with Crippen LogP contribution in [0.5, 0.6) is 11.5 Å². The van der Waals surface area contributed by atoms with Crippen LogP contribution in [-0.4, -0.2) is 25.9 Å². The van der Waals surface area contributed by atoms with Gasteiger partial charge in [0.05, 0.1) is 20.3 Å². The molecular formula is C17H20FNO3. The van der Waals surface area contributed by atoms with Crippen LogP contribution in [0.1, 0.15) is 17.2 Å². The predicted molar refractivity (Wildman–Crippen MR) is 82.6 cm³/mol. The zero-order valence-corrected chi connectivity index (χ0v) is 12.7. The molecule has 1 atom stereocenters. The second kappa shape index (κ2) is 7.77. The lowest BCUT2D eigenvalue weighted by Crippen LogP contribution is -2.21. The van der Waals surface area contributed by atoms with Crippen molar-refractivity contribution in [3.63, 3.8) is 0 Å². The van der Waals surface area contributed by atoms with Crippen LogP contribution in [0, 0.1) is 5.82 Å². The van der Waals surface area contributed by atoms with Crippen molar-refractivity contribution >= 4 is 0 Å². The van der Waals surface area contributed by atoms with Gasteiger partial charge in [0.2, 0.25) is 0 Å². The molecule has 0 spiro atoms. The van der Waals surface area contributed by atoms with Gasteiger partial charge in [-0.1, -0.05) is 12.1 Å². The number of hydrogen-bond donors (Lipinski definition) is 2. The Morgan fingerprint density at radius 2 is 1.82 bits per heavy atom. The molecule has 2 rings (SSSR count). The molecule has 0 aliphatic carbocycles. The number of benzene rings is 2. The minimum absolute atomic E-state index is 0.259. The molecule has 0 saturated carbocycles. The average molecular weight is 305 g/mol. The Balaban J connectivity index is 1.96. The van der Waals surface area contributed by atoms with Crippen molar-refractivity contribution in [3.8, 4) is 11.5 Å². The summed E-state index contributed by atoms with van der Waals surface area (Å²) in [4.78, 5) is 0. The van der Waals surface area contributed by atoms with Crippen LogP contribution in [0.3, 0.4) is 0 Å². The number of aliphatic hydroxyl groups excluding tert-OH is 1. The molecule has 0 radical (unpaired) electrons. The van der Waals surface area contributed by atoms with E-state index in [9.17, 15) is 9.50 Å². The maximum Gasteiger partial charge on any atom is 0.124 e. The second-order valence-corrected chi connectivity index (χ2v) is 4.88. The van der Waals surface area contributed by atoms with E-state index in [0.717, 1.165) is 5.56 Å². The minimum Gasteiger partial charge on any atom is -0.497 e. The van der Waals surface area contributed by atoms with Crippen molar-refractivity contribution in [1.29, 1.82) is 0 Å². The first-order valence-corrected chi connectivity index (χ1v) is 6.99. The van der Waals surface area contributed by atoms with Crippen LogP contribution in [0.4, 0.5) is 4.39 Å². The summed E-state index contributed by atoms with van der Waals surface area (Å²) in [6.07, 6.45) is -0.731. The molecule has 0 fully saturated rings. The lowest BCUT2D eigenvalue weighted by molar-refractivity contribution is 0.169. The largest absolute Gasteiger partial charge is 0.497 e. The SMILES string of the molecule is COc1ccc(OC)c(C(O)CNCc2ccc(F)cc2)c1. The first-order valence-electron chi connectivity index (χ1n) is 6.99. The fourth-order valence-corrected chi connectivity index (χ4v) is 2.17. The summed E-state index contributed by atoms with van der Waals surface area (Å²) in [6, 6.07) is 11.5. The molecule has 4 nitrogen and oxygen atoms in total. The molecule has 0 aliphatic rings. The summed E-state index contributed by atoms with van der Waals surface area (Å²) >= 11 is 0. The first-order chi connectivity index (χ1) is 10.6. The zero-order valence-electron chi connectivity index (χ0n) is 12.7. The molecule has 5 heteroatoms. The molecule has 0 saturated heterocycles. The summed E-state index contributed by atoms with van der Waals surface area (Å²) in [5, 5.41) is 13.5. The van der Waals surface area contributed by atoms with Gasteiger partial charge in [0, 0.05) is 18.7 Å². The van der Waals surface area contributed by atoms with Gasteiger partial charge in [-0.2, -0.15) is 0 Å². The van der Waals surface area contributed by atoms with E-state index in [-0.39, 0.29) is 5.82 Å². The Labute approximate surface area is 129 Å². The minimum atomic E-state index is -0.731. The Kier molecular flexibility index (Phi) is 5.75. The molecule has 22 heavy (non-hydrogen) atoms. The van der Waals surface area contributed by atoms with Gasteiger partial charge in [0.15, 0.2) is 0 Å². The summed E-state index contributed by atoms with van der Waals surface area (Å²) in [5.41, 5.74) is 1.61. The van der Waals surface area contributed by atoms with Gasteiger partial charge in [-0.3, -0.25) is 0 Å². The predicted octanol–water partition coefficient (Wildman–Crippen LogP) is 2.67. The van der Waals surface area contributed by atoms with Crippen molar-refractivity contribution in [2.75, 3.05) is 20.8 Å². The fraction of sp³-hybridized carbons (Fsp3) is 0.294. The smallest absolute Gasteiger partial charge is 0.124 e. The summed E-state index contributed by atoms with van der Waals surface area (Å²) in [5.74, 6) is 1.01. The topological polar surface area (TPSA) is 50.7 Å². The monoisotopic (exact) mass is 305 g/mol. The Morgan fingerprint density at radius 1 is 1.09 bits per heavy atom. The third-order valence-electron chi connectivity index (χ3n) is 3.38. The Morgan fingerprint density at radius 3 is 2.45 bits per heavy atom. The van der Waals surface area contributed by atoms with Crippen LogP contribution in [0.2, 0.25) is 0 Å². The number of nitrogens with one attached hydrogen (secondary N) is 1. The highest BCUT2D eigenvalue weighted by molar-refractivity contribution is 5.41. The van der Waals surface area contributed by atoms with Gasteiger partial charge in [-0.05, 0) is 35.9 Å². The van der Waals surface area contributed by atoms with Gasteiger partial charge >= 0.3 is 0 Å². The molecule has 118 valence electrons. The van der Waals surface area contributed by atoms with E-state index in [1.54, 1.807) is 44.6 Å². The van der Waals surface area contributed by atoms with Crippen molar-refractivity contribution in [1.82, 2.24) is 5.32 Å². The molecule has 0 amide bonds. The highest BCUT2D eigenvalue weighted by Crippen LogP contribution is 2.29. The second-order valence-electron chi connectivity index (χ2n) is 4.88. The Bertz CT molecular complexity index is 601. The van der Waals surface area contributed by atoms with E-state index in [2.05, 4.69) is 5.32 Å². The molecule has 0 aromatic heterocycles. The maximum absolute atomic E-state index is 12.8. The number of halogens is 1. The number of methoxy groups -OCH3 is 2. The summed E-state index contributed by atoms with van der Waals surface area (Å²) in [7, 11) is 3.13. The summed E-state index contributed by atoms with van der Waals surface area (Å²) in [6.45, 7) is 0.893. The number of hydrogen-bond acceptors (Lipinski definition) is 4. The van der Waals surface area contributed by atoms with Gasteiger partial charge in [-0.25, -0.2) is 4.39 Å². The molecule has 0 heterocycles. The standard InChI is InChI=1S/C17H20FNO3/c1-21-14-7-8-17(22-2)15(9-14)16(20)11-19-10-12-3-5-13(18)6-4-12/h3-9,16,19-20H,10-11H2,1-2H3. The highest BCUT2D eigenvalue weighted by atomic mass is 19.1. The summed E-state index contributed by atoms with van der Waals surface area (Å²) < 4.78 is 23.3. The highest BCUT2D eigenvalue weighted by Gasteiger charge is 2.14. The number of ether oxygens (including phenoxy) is 2. The molecule has 1 unspecified atom stereocenters. The van der Waals surface area contributed by atoms with Crippen LogP contribution < -0.4 is 14.8 Å². The molecule has 2 aromatic carbocycles. The molecule has 0 bridgehead atoms. The number of aliphatic hydroxyl groups is 1. The maximum atomic E-state index is 12.8. The third-order valence-corrected chi connectivity index (χ3v) is 3.38. The Hall–Kier alpha value is -2.11. The van der Waals surface area contributed by atoms with Crippen molar-refractivity contribution in [2.24, 2.45) is 0 Å². The van der Waals surface area contributed by atoms with Crippen molar-refractivity contribution < 1.29 is 19.0 Å². The van der Waals surface area contributed by atoms with Gasteiger partial charge < -0.3 is 19.9 Å². The van der Waals surface area contributed by atoms with Gasteiger partial charge in [0.1, 0.15) is 17.3 Å². The fourth-order valence-electron chi connectivity index (χ4n) is 2.17. The van der Waals surface area contributed by atoms with Gasteiger partial charge in [-0.15, -0.1) is 0 Å². The van der Waals surface area contributed by atoms with E-state index in [4.69, 9.17) is 9.47 Å². The zero-order chi connectivity index (χ0) is 15.9. The third kappa shape index (κ3) is 4.19. The molecule has 2 N–H and O–H groups in total. The van der Waals surface area contributed by atoms with E-state index in [1.165, 1.54) is 12.1 Å². The number of rotatable bonds is 7. The van der Waals surface area contributed by atoms with Crippen LogP contribution in [0.25, 0.3) is 0 Å². The van der Waals surface area contributed by atoms with E-state index in [0.29, 0.717) is 30.2 Å². The van der Waals surface area contributed by atoms with Crippen LogP contribution in [-0.2, 0) is 6.54 Å². The van der Waals surface area contributed by atoms with E-state index in [1.807, 2.05) is 0 Å². The van der Waals surface area contributed by atoms with Gasteiger partial charge in [0.25, 0.3) is 0 Å². The van der Waals surface area contributed by atoms with Crippen molar-refractivity contribution in [2.45, 2.75) is 12.6 Å². The molecular weight excluding hydrogens is 285 g/mol. The first kappa shape index (κ1) is 16.3. The van der Waals surface area contributed by atoms with E-state index < -0.39 is 6.10 Å². The lowest BCUT2D eigenvalue weighted by atomic mass is 10.1. The average Bonchev–Trinajstić information content (AvgIpc) is 2.56. The van der Waals surface area contributed by atoms with Crippen LogP contribution in [0.15, 0.2) is 42.5 Å².